The zero-order valence-electron chi connectivity index (χ0n) is 9.89. The smallest absolute Gasteiger partial charge is 0.217 e. The van der Waals surface area contributed by atoms with Gasteiger partial charge in [0.1, 0.15) is 0 Å². The van der Waals surface area contributed by atoms with Gasteiger partial charge in [-0.15, -0.1) is 12.4 Å². The number of hydrogen-bond donors (Lipinski definition) is 1. The molecule has 1 aromatic heterocycles. The zero-order valence-corrected chi connectivity index (χ0v) is 11.5. The molecule has 4 nitrogen and oxygen atoms in total. The van der Waals surface area contributed by atoms with Crippen LogP contribution in [0.2, 0.25) is 0 Å². The molecule has 0 amide bonds. The lowest BCUT2D eigenvalue weighted by atomic mass is 9.99. The van der Waals surface area contributed by atoms with Crippen molar-refractivity contribution < 1.29 is 4.74 Å². The van der Waals surface area contributed by atoms with Crippen molar-refractivity contribution in [2.45, 2.75) is 18.0 Å². The van der Waals surface area contributed by atoms with E-state index in [1.165, 1.54) is 24.6 Å². The van der Waals surface area contributed by atoms with Crippen molar-refractivity contribution in [2.75, 3.05) is 26.0 Å². The SMILES string of the molecule is CSc1nccc(OCC2CCNCC2)n1.Cl. The number of halogens is 1. The Hall–Kier alpha value is -0.520. The summed E-state index contributed by atoms with van der Waals surface area (Å²) in [5.41, 5.74) is 0. The van der Waals surface area contributed by atoms with Crippen molar-refractivity contribution in [3.8, 4) is 5.88 Å². The third kappa shape index (κ3) is 4.69. The molecule has 2 heterocycles. The number of nitrogens with one attached hydrogen (secondary N) is 1. The lowest BCUT2D eigenvalue weighted by Crippen LogP contribution is -2.30. The minimum absolute atomic E-state index is 0. The lowest BCUT2D eigenvalue weighted by molar-refractivity contribution is 0.207. The van der Waals surface area contributed by atoms with E-state index in [1.54, 1.807) is 6.20 Å². The molecule has 1 aromatic rings. The van der Waals surface area contributed by atoms with Gasteiger partial charge in [-0.3, -0.25) is 0 Å². The van der Waals surface area contributed by atoms with Gasteiger partial charge in [-0.05, 0) is 38.1 Å². The molecule has 1 N–H and O–H groups in total. The lowest BCUT2D eigenvalue weighted by Gasteiger charge is -2.22. The highest BCUT2D eigenvalue weighted by molar-refractivity contribution is 7.98. The molecule has 0 radical (unpaired) electrons. The Labute approximate surface area is 112 Å². The summed E-state index contributed by atoms with van der Waals surface area (Å²) in [5, 5.41) is 4.11. The van der Waals surface area contributed by atoms with Gasteiger partial charge < -0.3 is 10.1 Å². The first-order valence-corrected chi connectivity index (χ1v) is 6.81. The number of piperidine rings is 1. The van der Waals surface area contributed by atoms with Crippen molar-refractivity contribution in [1.29, 1.82) is 0 Å². The van der Waals surface area contributed by atoms with Gasteiger partial charge in [-0.2, -0.15) is 4.98 Å². The molecular formula is C11H18ClN3OS. The summed E-state index contributed by atoms with van der Waals surface area (Å²) in [6, 6.07) is 1.82. The highest BCUT2D eigenvalue weighted by atomic mass is 35.5. The van der Waals surface area contributed by atoms with Crippen LogP contribution in [-0.4, -0.2) is 35.9 Å². The molecular weight excluding hydrogens is 258 g/mol. The van der Waals surface area contributed by atoms with Crippen LogP contribution >= 0.6 is 24.2 Å². The maximum atomic E-state index is 5.70. The summed E-state index contributed by atoms with van der Waals surface area (Å²) < 4.78 is 5.70. The number of aromatic nitrogens is 2. The Morgan fingerprint density at radius 1 is 1.47 bits per heavy atom. The Balaban J connectivity index is 0.00000144. The van der Waals surface area contributed by atoms with Gasteiger partial charge >= 0.3 is 0 Å². The largest absolute Gasteiger partial charge is 0.477 e. The maximum Gasteiger partial charge on any atom is 0.217 e. The quantitative estimate of drug-likeness (QED) is 0.673. The third-order valence-corrected chi connectivity index (χ3v) is 3.28. The normalized spacial score (nSPS) is 16.3. The number of hydrogen-bond acceptors (Lipinski definition) is 5. The van der Waals surface area contributed by atoms with Gasteiger partial charge in [0.25, 0.3) is 0 Å². The molecule has 0 spiro atoms. The van der Waals surface area contributed by atoms with E-state index in [1.807, 2.05) is 12.3 Å². The first-order valence-electron chi connectivity index (χ1n) is 5.59. The van der Waals surface area contributed by atoms with E-state index in [9.17, 15) is 0 Å². The summed E-state index contributed by atoms with van der Waals surface area (Å²) in [4.78, 5) is 8.40. The Morgan fingerprint density at radius 3 is 2.94 bits per heavy atom. The summed E-state index contributed by atoms with van der Waals surface area (Å²) in [6.45, 7) is 2.98. The number of thioether (sulfide) groups is 1. The third-order valence-electron chi connectivity index (χ3n) is 2.72. The summed E-state index contributed by atoms with van der Waals surface area (Å²) in [7, 11) is 0. The maximum absolute atomic E-state index is 5.70. The minimum atomic E-state index is 0. The van der Waals surface area contributed by atoms with Crippen molar-refractivity contribution >= 4 is 24.2 Å². The van der Waals surface area contributed by atoms with E-state index in [4.69, 9.17) is 4.74 Å². The molecule has 0 unspecified atom stereocenters. The van der Waals surface area contributed by atoms with E-state index >= 15 is 0 Å². The van der Waals surface area contributed by atoms with Gasteiger partial charge in [-0.1, -0.05) is 11.8 Å². The second-order valence-electron chi connectivity index (χ2n) is 3.89. The Bertz CT molecular complexity index is 334. The summed E-state index contributed by atoms with van der Waals surface area (Å²) in [5.74, 6) is 1.35. The minimum Gasteiger partial charge on any atom is -0.477 e. The van der Waals surface area contributed by atoms with Crippen LogP contribution in [0.5, 0.6) is 5.88 Å². The molecule has 2 rings (SSSR count). The first-order chi connectivity index (χ1) is 7.88. The van der Waals surface area contributed by atoms with Gasteiger partial charge in [-0.25, -0.2) is 4.98 Å². The second kappa shape index (κ2) is 7.74. The van der Waals surface area contributed by atoms with Crippen LogP contribution in [0.25, 0.3) is 0 Å². The fourth-order valence-corrected chi connectivity index (χ4v) is 2.10. The Morgan fingerprint density at radius 2 is 2.24 bits per heavy atom. The van der Waals surface area contributed by atoms with Crippen molar-refractivity contribution in [2.24, 2.45) is 5.92 Å². The topological polar surface area (TPSA) is 47.0 Å². The average Bonchev–Trinajstić information content (AvgIpc) is 2.38. The predicted octanol–water partition coefficient (Wildman–Crippen LogP) is 2.00. The summed E-state index contributed by atoms with van der Waals surface area (Å²) >= 11 is 1.53. The van der Waals surface area contributed by atoms with Crippen LogP contribution < -0.4 is 10.1 Å². The van der Waals surface area contributed by atoms with Crippen molar-refractivity contribution in [3.05, 3.63) is 12.3 Å². The monoisotopic (exact) mass is 275 g/mol. The van der Waals surface area contributed by atoms with Crippen molar-refractivity contribution in [1.82, 2.24) is 15.3 Å². The van der Waals surface area contributed by atoms with Crippen LogP contribution in [0, 0.1) is 5.92 Å². The molecule has 0 saturated carbocycles. The first kappa shape index (κ1) is 14.5. The van der Waals surface area contributed by atoms with Crippen molar-refractivity contribution in [3.63, 3.8) is 0 Å². The van der Waals surface area contributed by atoms with Crippen LogP contribution in [-0.2, 0) is 0 Å². The van der Waals surface area contributed by atoms with E-state index in [0.717, 1.165) is 24.9 Å². The van der Waals surface area contributed by atoms with E-state index in [2.05, 4.69) is 15.3 Å². The zero-order chi connectivity index (χ0) is 11.2. The molecule has 17 heavy (non-hydrogen) atoms. The van der Waals surface area contributed by atoms with Gasteiger partial charge in [0.15, 0.2) is 5.16 Å². The number of rotatable bonds is 4. The number of nitrogens with zero attached hydrogens (tertiary/aromatic N) is 2. The number of ether oxygens (including phenoxy) is 1. The fraction of sp³-hybridized carbons (Fsp3) is 0.636. The molecule has 0 aromatic carbocycles. The average molecular weight is 276 g/mol. The van der Waals surface area contributed by atoms with Crippen LogP contribution in [0.3, 0.4) is 0 Å². The molecule has 0 bridgehead atoms. The van der Waals surface area contributed by atoms with E-state index < -0.39 is 0 Å². The molecule has 1 aliphatic heterocycles. The van der Waals surface area contributed by atoms with E-state index in [0.29, 0.717) is 11.8 Å². The molecule has 0 aliphatic carbocycles. The Kier molecular flexibility index (Phi) is 6.62. The standard InChI is InChI=1S/C11H17N3OS.ClH/c1-16-11-13-7-4-10(14-11)15-8-9-2-5-12-6-3-9;/h4,7,9,12H,2-3,5-6,8H2,1H3;1H. The highest BCUT2D eigenvalue weighted by Crippen LogP contribution is 2.16. The molecule has 6 heteroatoms. The summed E-state index contributed by atoms with van der Waals surface area (Å²) in [6.07, 6.45) is 6.10. The highest BCUT2D eigenvalue weighted by Gasteiger charge is 2.13. The van der Waals surface area contributed by atoms with E-state index in [-0.39, 0.29) is 12.4 Å². The van der Waals surface area contributed by atoms with Gasteiger partial charge in [0.2, 0.25) is 5.88 Å². The predicted molar refractivity (Wildman–Crippen MR) is 72.1 cm³/mol. The fourth-order valence-electron chi connectivity index (χ4n) is 1.76. The van der Waals surface area contributed by atoms with Gasteiger partial charge in [0, 0.05) is 12.3 Å². The molecule has 0 atom stereocenters. The molecule has 1 aliphatic rings. The van der Waals surface area contributed by atoms with Crippen LogP contribution in [0.4, 0.5) is 0 Å². The van der Waals surface area contributed by atoms with Crippen LogP contribution in [0.1, 0.15) is 12.8 Å². The second-order valence-corrected chi connectivity index (χ2v) is 4.66. The van der Waals surface area contributed by atoms with Crippen LogP contribution in [0.15, 0.2) is 17.4 Å². The molecule has 1 saturated heterocycles. The molecule has 96 valence electrons. The molecule has 1 fully saturated rings. The van der Waals surface area contributed by atoms with Gasteiger partial charge in [0.05, 0.1) is 6.61 Å².